The molecule has 0 amide bonds. The van der Waals surface area contributed by atoms with Gasteiger partial charge in [0.1, 0.15) is 11.6 Å². The van der Waals surface area contributed by atoms with Crippen molar-refractivity contribution < 1.29 is 43.5 Å². The number of ketones is 8. The van der Waals surface area contributed by atoms with Gasteiger partial charge in [0.2, 0.25) is 0 Å². The zero-order chi connectivity index (χ0) is 61.8. The molecule has 17 nitrogen and oxygen atoms in total. The lowest BCUT2D eigenvalue weighted by molar-refractivity contribution is -0.124. The van der Waals surface area contributed by atoms with Crippen LogP contribution in [0.3, 0.4) is 0 Å². The number of rotatable bonds is 26. The number of aliphatic hydroxyl groups excluding tert-OH is 1. The first-order chi connectivity index (χ1) is 34.0. The molecule has 0 unspecified atom stereocenters. The fourth-order valence-corrected chi connectivity index (χ4v) is 5.70. The van der Waals surface area contributed by atoms with Crippen molar-refractivity contribution >= 4 is 58.0 Å². The molecule has 0 fully saturated rings. The van der Waals surface area contributed by atoms with Crippen LogP contribution in [0.15, 0.2) is 0 Å². The van der Waals surface area contributed by atoms with Crippen molar-refractivity contribution in [2.24, 2.45) is 111 Å². The lowest BCUT2D eigenvalue weighted by atomic mass is 9.91. The van der Waals surface area contributed by atoms with Crippen LogP contribution < -0.4 is 45.9 Å². The fourth-order valence-electron chi connectivity index (χ4n) is 5.21. The van der Waals surface area contributed by atoms with Crippen LogP contribution >= 0.6 is 11.8 Å². The van der Waals surface area contributed by atoms with Gasteiger partial charge >= 0.3 is 0 Å². The molecule has 0 aromatic carbocycles. The van der Waals surface area contributed by atoms with Gasteiger partial charge in [-0.1, -0.05) is 159 Å². The van der Waals surface area contributed by atoms with E-state index in [1.807, 2.05) is 124 Å². The number of hydrogen-bond donors (Lipinski definition) is 9. The largest absolute Gasteiger partial charge is 0.394 e. The second kappa shape index (κ2) is 53.4. The Bertz CT molecular complexity index is 1480. The number of Topliss-reactive ketones (excluding diaryl/α,β-unsaturated/α-hetero) is 8. The molecule has 0 aliphatic heterocycles. The van der Waals surface area contributed by atoms with Gasteiger partial charge in [0, 0.05) is 53.8 Å². The molecule has 18 heteroatoms. The van der Waals surface area contributed by atoms with Gasteiger partial charge in [-0.15, -0.1) is 0 Å². The minimum atomic E-state index is -0.690. The zero-order valence-electron chi connectivity index (χ0n) is 52.2. The molecule has 0 rings (SSSR count). The van der Waals surface area contributed by atoms with Gasteiger partial charge in [0.15, 0.2) is 34.7 Å². The van der Waals surface area contributed by atoms with E-state index < -0.39 is 6.04 Å². The normalized spacial score (nSPS) is 13.5. The second-order valence-electron chi connectivity index (χ2n) is 22.2. The molecule has 17 N–H and O–H groups in total. The van der Waals surface area contributed by atoms with Gasteiger partial charge in [-0.2, -0.15) is 11.8 Å². The molecule has 450 valence electrons. The van der Waals surface area contributed by atoms with Gasteiger partial charge in [0.05, 0.1) is 49.4 Å². The molecule has 0 spiro atoms. The topological polar surface area (TPSA) is 365 Å². The molecule has 0 aliphatic rings. The minimum Gasteiger partial charge on any atom is -0.394 e. The maximum absolute atomic E-state index is 11.3. The Kier molecular flexibility index (Phi) is 63.3. The summed E-state index contributed by atoms with van der Waals surface area (Å²) < 4.78 is 0. The summed E-state index contributed by atoms with van der Waals surface area (Å²) in [5.74, 6) is 3.71. The average molecular weight is 1100 g/mol. The van der Waals surface area contributed by atoms with Crippen molar-refractivity contribution in [1.82, 2.24) is 0 Å². The number of aliphatic hydroxyl groups is 1. The summed E-state index contributed by atoms with van der Waals surface area (Å²) in [5.41, 5.74) is 43.3. The van der Waals surface area contributed by atoms with Gasteiger partial charge < -0.3 is 51.0 Å². The third-order valence-electron chi connectivity index (χ3n) is 11.0. The number of carbonyl (C=O) groups excluding carboxylic acids is 8. The Hall–Kier alpha value is -2.65. The number of nitrogens with two attached hydrogens (primary N) is 8. The number of hydrogen-bond acceptors (Lipinski definition) is 18. The minimum absolute atomic E-state index is 0.0670. The third-order valence-corrected chi connectivity index (χ3v) is 11.7. The van der Waals surface area contributed by atoms with E-state index >= 15 is 0 Å². The summed E-state index contributed by atoms with van der Waals surface area (Å²) in [7, 11) is 0. The highest BCUT2D eigenvalue weighted by Gasteiger charge is 2.22. The molecule has 0 bridgehead atoms. The molecule has 0 aromatic heterocycles. The van der Waals surface area contributed by atoms with Crippen LogP contribution in [0.4, 0.5) is 0 Å². The van der Waals surface area contributed by atoms with Crippen molar-refractivity contribution in [1.29, 1.82) is 0 Å². The van der Waals surface area contributed by atoms with E-state index in [2.05, 4.69) is 20.8 Å². The average Bonchev–Trinajstić information content (AvgIpc) is 3.33. The van der Waals surface area contributed by atoms with Crippen LogP contribution in [0.2, 0.25) is 0 Å². The van der Waals surface area contributed by atoms with Crippen molar-refractivity contribution in [2.45, 2.75) is 221 Å². The highest BCUT2D eigenvalue weighted by molar-refractivity contribution is 7.98. The van der Waals surface area contributed by atoms with Crippen molar-refractivity contribution in [3.05, 3.63) is 0 Å². The molecule has 0 saturated carbocycles. The first-order valence-electron chi connectivity index (χ1n) is 27.3. The van der Waals surface area contributed by atoms with E-state index in [1.165, 1.54) is 0 Å². The smallest absolute Gasteiger partial charge is 0.154 e. The van der Waals surface area contributed by atoms with Crippen LogP contribution in [0.5, 0.6) is 0 Å². The fraction of sp³-hybridized carbons (Fsp3) is 0.860. The molecule has 7 atom stereocenters. The summed E-state index contributed by atoms with van der Waals surface area (Å²) in [4.78, 5) is 87.5. The van der Waals surface area contributed by atoms with Crippen LogP contribution in [0, 0.1) is 65.1 Å². The van der Waals surface area contributed by atoms with Crippen LogP contribution in [0.25, 0.3) is 0 Å². The Balaban J connectivity index is -0.000000115. The molecule has 0 aromatic rings. The summed E-state index contributed by atoms with van der Waals surface area (Å²) >= 11 is 1.73. The zero-order valence-corrected chi connectivity index (χ0v) is 53.0. The summed E-state index contributed by atoms with van der Waals surface area (Å²) in [6.07, 6.45) is 5.12. The summed E-state index contributed by atoms with van der Waals surface area (Å²) in [5, 5.41) is 8.41. The van der Waals surface area contributed by atoms with E-state index in [4.69, 9.17) is 51.0 Å². The second-order valence-corrected chi connectivity index (χ2v) is 23.2. The lowest BCUT2D eigenvalue weighted by Gasteiger charge is -2.18. The summed E-state index contributed by atoms with van der Waals surface area (Å²) in [6, 6.07) is -2.03. The SMILES string of the molecule is CC(C)C(=O)CCN.CC(C)C(=O)CN.CC(C)C(=O)[C@@H](N)C(C)C.CC(C)C(=O)[C@@H](N)CO.CC(C)C(=O)[C@H](C)N.CC(C)C[C@H](N)C(=O)C(C)C.CC[C@H](C)[C@H](N)C(=O)C(C)C.CSCC[C@H](N)C(=O)C(C)C. The lowest BCUT2D eigenvalue weighted by Crippen LogP contribution is -2.39. The standard InChI is InChI=1S/2C9H19NO.C8H17NOS.C8H17NO.C6H13NO2.2C6H13NO.C5H11NO/c1-6(2)5-8(10)9(11)7(3)4;1-5-7(4)8(10)9(11)6(2)3;1-6(2)8(10)7(9)4-5-11-3;1-5(2)7(9)8(10)6(3)4;1-4(2)6(9)5(7)3-8;1-5(2)6(8)3-4-7;1-4(2)6(8)5(3)7;1-4(2)5(7)3-6/h2*6-8H,5,10H2,1-4H3;6-7H,4-5,9H2,1-3H3;5-7H,9H2,1-4H3;4-5,8H,3,7H2,1-2H3;5H,3-4,7H2,1-2H3;4-5H,7H2,1-3H3;4H,3,6H2,1-2H3/t8-;7-,8-;2*7-;5-;;5-;/m00000.0./s1. The maximum atomic E-state index is 11.3. The molecular formula is C57H122N8O9S. The Labute approximate surface area is 463 Å². The Morgan fingerprint density at radius 3 is 0.947 bits per heavy atom. The van der Waals surface area contributed by atoms with Crippen molar-refractivity contribution in [3.8, 4) is 0 Å². The van der Waals surface area contributed by atoms with Crippen LogP contribution in [-0.2, 0) is 38.4 Å². The van der Waals surface area contributed by atoms with Crippen molar-refractivity contribution in [2.75, 3.05) is 31.7 Å². The quantitative estimate of drug-likeness (QED) is 0.0447. The van der Waals surface area contributed by atoms with Gasteiger partial charge in [-0.25, -0.2) is 0 Å². The van der Waals surface area contributed by atoms with Crippen molar-refractivity contribution in [3.63, 3.8) is 0 Å². The van der Waals surface area contributed by atoms with Gasteiger partial charge in [-0.05, 0) is 56.1 Å². The predicted molar refractivity (Wildman–Crippen MR) is 319 cm³/mol. The third kappa shape index (κ3) is 55.9. The van der Waals surface area contributed by atoms with Gasteiger partial charge in [-0.3, -0.25) is 38.4 Å². The van der Waals surface area contributed by atoms with E-state index in [0.29, 0.717) is 24.8 Å². The highest BCUT2D eigenvalue weighted by Crippen LogP contribution is 2.11. The molecule has 0 radical (unpaired) electrons. The molecular weight excluding hydrogens is 973 g/mol. The molecule has 0 saturated heterocycles. The maximum Gasteiger partial charge on any atom is 0.154 e. The van der Waals surface area contributed by atoms with Crippen LogP contribution in [0.1, 0.15) is 185 Å². The van der Waals surface area contributed by atoms with E-state index in [-0.39, 0.29) is 143 Å². The monoisotopic (exact) mass is 1090 g/mol. The van der Waals surface area contributed by atoms with Crippen LogP contribution in [-0.4, -0.2) is 119 Å². The molecule has 75 heavy (non-hydrogen) atoms. The van der Waals surface area contributed by atoms with E-state index in [1.54, 1.807) is 32.5 Å². The Morgan fingerprint density at radius 1 is 0.440 bits per heavy atom. The number of carbonyl (C=O) groups is 8. The molecule has 0 aliphatic carbocycles. The van der Waals surface area contributed by atoms with E-state index in [0.717, 1.165) is 25.0 Å². The predicted octanol–water partition coefficient (Wildman–Crippen LogP) is 6.48. The van der Waals surface area contributed by atoms with Gasteiger partial charge in [0.25, 0.3) is 0 Å². The first-order valence-corrected chi connectivity index (χ1v) is 28.7. The van der Waals surface area contributed by atoms with E-state index in [9.17, 15) is 38.4 Å². The highest BCUT2D eigenvalue weighted by atomic mass is 32.2. The summed E-state index contributed by atoms with van der Waals surface area (Å²) in [6.45, 7) is 44.1. The molecule has 0 heterocycles. The number of thioether (sulfide) groups is 1. The first kappa shape index (κ1) is 88.9. The Morgan fingerprint density at radius 2 is 0.773 bits per heavy atom.